The molecule has 0 unspecified atom stereocenters. The molecule has 0 bridgehead atoms. The average molecular weight is 321 g/mol. The molecule has 0 atom stereocenters. The van der Waals surface area contributed by atoms with Crippen LogP contribution in [0.15, 0.2) is 24.3 Å². The molecule has 0 saturated heterocycles. The lowest BCUT2D eigenvalue weighted by Crippen LogP contribution is -2.35. The number of anilines is 1. The Kier molecular flexibility index (Phi) is 6.88. The lowest BCUT2D eigenvalue weighted by atomic mass is 9.87. The van der Waals surface area contributed by atoms with E-state index in [1.54, 1.807) is 32.9 Å². The van der Waals surface area contributed by atoms with Gasteiger partial charge < -0.3 is 20.7 Å². The van der Waals surface area contributed by atoms with Gasteiger partial charge in [-0.3, -0.25) is 9.59 Å². The van der Waals surface area contributed by atoms with Crippen molar-refractivity contribution in [3.05, 3.63) is 24.3 Å². The monoisotopic (exact) mass is 321 g/mol. The molecular weight excluding hydrogens is 294 g/mol. The minimum absolute atomic E-state index is 0.0101. The van der Waals surface area contributed by atoms with E-state index in [9.17, 15) is 9.59 Å². The van der Waals surface area contributed by atoms with Gasteiger partial charge in [0.25, 0.3) is 0 Å². The van der Waals surface area contributed by atoms with Crippen molar-refractivity contribution in [1.82, 2.24) is 4.90 Å². The SMILES string of the molecule is COc1ccc(NCCN(C)C(=O)CCC(C)(C)C(N)=O)cc1. The van der Waals surface area contributed by atoms with Crippen LogP contribution in [0.4, 0.5) is 5.69 Å². The summed E-state index contributed by atoms with van der Waals surface area (Å²) in [5, 5.41) is 3.25. The van der Waals surface area contributed by atoms with E-state index in [4.69, 9.17) is 10.5 Å². The van der Waals surface area contributed by atoms with Crippen molar-refractivity contribution in [3.63, 3.8) is 0 Å². The number of hydrogen-bond acceptors (Lipinski definition) is 4. The zero-order valence-corrected chi connectivity index (χ0v) is 14.4. The minimum atomic E-state index is -0.655. The van der Waals surface area contributed by atoms with Gasteiger partial charge in [0.2, 0.25) is 11.8 Å². The Morgan fingerprint density at radius 1 is 1.26 bits per heavy atom. The fourth-order valence-corrected chi connectivity index (χ4v) is 1.94. The third kappa shape index (κ3) is 6.18. The largest absolute Gasteiger partial charge is 0.497 e. The first-order valence-electron chi connectivity index (χ1n) is 7.68. The maximum atomic E-state index is 12.1. The van der Waals surface area contributed by atoms with Crippen LogP contribution in [0.2, 0.25) is 0 Å². The molecule has 0 radical (unpaired) electrons. The predicted molar refractivity (Wildman–Crippen MR) is 91.3 cm³/mol. The molecule has 1 rings (SSSR count). The van der Waals surface area contributed by atoms with Gasteiger partial charge in [0, 0.05) is 37.7 Å². The number of amides is 2. The molecule has 1 aromatic rings. The highest BCUT2D eigenvalue weighted by molar-refractivity contribution is 5.81. The Morgan fingerprint density at radius 2 is 1.87 bits per heavy atom. The van der Waals surface area contributed by atoms with E-state index in [1.807, 2.05) is 24.3 Å². The first-order chi connectivity index (χ1) is 10.8. The lowest BCUT2D eigenvalue weighted by Gasteiger charge is -2.22. The van der Waals surface area contributed by atoms with E-state index in [0.29, 0.717) is 25.9 Å². The zero-order chi connectivity index (χ0) is 17.5. The number of likely N-dealkylation sites (N-methyl/N-ethyl adjacent to an activating group) is 1. The normalized spacial score (nSPS) is 11.0. The number of nitrogens with zero attached hydrogens (tertiary/aromatic N) is 1. The second kappa shape index (κ2) is 8.41. The summed E-state index contributed by atoms with van der Waals surface area (Å²) in [6, 6.07) is 7.61. The van der Waals surface area contributed by atoms with Crippen LogP contribution in [-0.2, 0) is 9.59 Å². The molecule has 0 aliphatic rings. The highest BCUT2D eigenvalue weighted by Gasteiger charge is 2.26. The molecule has 0 spiro atoms. The molecule has 0 aromatic heterocycles. The van der Waals surface area contributed by atoms with Crippen molar-refractivity contribution in [3.8, 4) is 5.75 Å². The van der Waals surface area contributed by atoms with Crippen LogP contribution in [0.25, 0.3) is 0 Å². The number of nitrogens with one attached hydrogen (secondary N) is 1. The van der Waals surface area contributed by atoms with E-state index in [2.05, 4.69) is 5.32 Å². The smallest absolute Gasteiger partial charge is 0.223 e. The number of primary amides is 1. The molecule has 0 fully saturated rings. The maximum Gasteiger partial charge on any atom is 0.223 e. The maximum absolute atomic E-state index is 12.1. The van der Waals surface area contributed by atoms with Crippen LogP contribution in [-0.4, -0.2) is 44.0 Å². The third-order valence-corrected chi connectivity index (χ3v) is 3.92. The minimum Gasteiger partial charge on any atom is -0.497 e. The molecule has 0 aliphatic heterocycles. The average Bonchev–Trinajstić information content (AvgIpc) is 2.53. The molecule has 0 saturated carbocycles. The topological polar surface area (TPSA) is 84.7 Å². The summed E-state index contributed by atoms with van der Waals surface area (Å²) in [5.74, 6) is 0.435. The molecule has 3 N–H and O–H groups in total. The Bertz CT molecular complexity index is 526. The second-order valence-corrected chi connectivity index (χ2v) is 6.22. The number of carbonyl (C=O) groups excluding carboxylic acids is 2. The summed E-state index contributed by atoms with van der Waals surface area (Å²) < 4.78 is 5.10. The van der Waals surface area contributed by atoms with Crippen molar-refractivity contribution in [2.75, 3.05) is 32.6 Å². The summed E-state index contributed by atoms with van der Waals surface area (Å²) >= 11 is 0. The van der Waals surface area contributed by atoms with E-state index < -0.39 is 5.41 Å². The summed E-state index contributed by atoms with van der Waals surface area (Å²) in [4.78, 5) is 25.0. The molecule has 1 aromatic carbocycles. The van der Waals surface area contributed by atoms with Crippen molar-refractivity contribution >= 4 is 17.5 Å². The number of carbonyl (C=O) groups is 2. The number of nitrogens with two attached hydrogens (primary N) is 1. The second-order valence-electron chi connectivity index (χ2n) is 6.22. The van der Waals surface area contributed by atoms with Gasteiger partial charge in [0.05, 0.1) is 7.11 Å². The van der Waals surface area contributed by atoms with Crippen LogP contribution in [0.3, 0.4) is 0 Å². The summed E-state index contributed by atoms with van der Waals surface area (Å²) in [6.45, 7) is 4.75. The Labute approximate surface area is 138 Å². The predicted octanol–water partition coefficient (Wildman–Crippen LogP) is 1.86. The van der Waals surface area contributed by atoms with E-state index >= 15 is 0 Å². The van der Waals surface area contributed by atoms with Gasteiger partial charge in [-0.25, -0.2) is 0 Å². The number of benzene rings is 1. The quantitative estimate of drug-likeness (QED) is 0.727. The van der Waals surface area contributed by atoms with Gasteiger partial charge in [-0.05, 0) is 30.7 Å². The summed E-state index contributed by atoms with van der Waals surface area (Å²) in [5.41, 5.74) is 5.63. The number of ether oxygens (including phenoxy) is 1. The van der Waals surface area contributed by atoms with Gasteiger partial charge in [-0.1, -0.05) is 13.8 Å². The number of methoxy groups -OCH3 is 1. The molecule has 6 heteroatoms. The van der Waals surface area contributed by atoms with Gasteiger partial charge in [0.15, 0.2) is 0 Å². The molecule has 128 valence electrons. The summed E-state index contributed by atoms with van der Waals surface area (Å²) in [7, 11) is 3.39. The van der Waals surface area contributed by atoms with Crippen molar-refractivity contribution in [1.29, 1.82) is 0 Å². The first-order valence-corrected chi connectivity index (χ1v) is 7.68. The van der Waals surface area contributed by atoms with Gasteiger partial charge in [-0.15, -0.1) is 0 Å². The highest BCUT2D eigenvalue weighted by atomic mass is 16.5. The standard InChI is InChI=1S/C17H27N3O3/c1-17(2,16(18)22)10-9-15(21)20(3)12-11-19-13-5-7-14(23-4)8-6-13/h5-8,19H,9-12H2,1-4H3,(H2,18,22). The number of hydrogen-bond donors (Lipinski definition) is 2. The molecular formula is C17H27N3O3. The third-order valence-electron chi connectivity index (χ3n) is 3.92. The zero-order valence-electron chi connectivity index (χ0n) is 14.4. The van der Waals surface area contributed by atoms with E-state index in [0.717, 1.165) is 11.4 Å². The molecule has 2 amide bonds. The fourth-order valence-electron chi connectivity index (χ4n) is 1.94. The van der Waals surface area contributed by atoms with Crippen LogP contribution in [0, 0.1) is 5.41 Å². The number of rotatable bonds is 9. The van der Waals surface area contributed by atoms with Gasteiger partial charge in [-0.2, -0.15) is 0 Å². The van der Waals surface area contributed by atoms with Gasteiger partial charge in [0.1, 0.15) is 5.75 Å². The molecule has 23 heavy (non-hydrogen) atoms. The van der Waals surface area contributed by atoms with Crippen LogP contribution in [0.1, 0.15) is 26.7 Å². The van der Waals surface area contributed by atoms with Crippen LogP contribution in [0.5, 0.6) is 5.75 Å². The Hall–Kier alpha value is -2.24. The van der Waals surface area contributed by atoms with E-state index in [1.165, 1.54) is 0 Å². The van der Waals surface area contributed by atoms with Crippen molar-refractivity contribution < 1.29 is 14.3 Å². The summed E-state index contributed by atoms with van der Waals surface area (Å²) in [6.07, 6.45) is 0.770. The molecule has 6 nitrogen and oxygen atoms in total. The fraction of sp³-hybridized carbons (Fsp3) is 0.529. The van der Waals surface area contributed by atoms with Crippen LogP contribution < -0.4 is 15.8 Å². The first kappa shape index (κ1) is 18.8. The Balaban J connectivity index is 2.33. The van der Waals surface area contributed by atoms with Gasteiger partial charge >= 0.3 is 0 Å². The van der Waals surface area contributed by atoms with E-state index in [-0.39, 0.29) is 11.8 Å². The van der Waals surface area contributed by atoms with Crippen LogP contribution >= 0.6 is 0 Å². The highest BCUT2D eigenvalue weighted by Crippen LogP contribution is 2.21. The van der Waals surface area contributed by atoms with Crippen molar-refractivity contribution in [2.24, 2.45) is 11.1 Å². The van der Waals surface area contributed by atoms with Crippen molar-refractivity contribution in [2.45, 2.75) is 26.7 Å². The Morgan fingerprint density at radius 3 is 2.39 bits per heavy atom. The molecule has 0 heterocycles. The lowest BCUT2D eigenvalue weighted by molar-refractivity contribution is -0.131. The molecule has 0 aliphatic carbocycles.